The van der Waals surface area contributed by atoms with Crippen LogP contribution in [0.4, 0.5) is 5.69 Å². The van der Waals surface area contributed by atoms with Crippen LogP contribution < -0.4 is 10.6 Å². The molecule has 1 saturated carbocycles. The van der Waals surface area contributed by atoms with Crippen molar-refractivity contribution in [2.24, 2.45) is 0 Å². The van der Waals surface area contributed by atoms with Gasteiger partial charge in [0.15, 0.2) is 0 Å². The first-order valence-corrected chi connectivity index (χ1v) is 9.87. The zero-order valence-corrected chi connectivity index (χ0v) is 16.4. The van der Waals surface area contributed by atoms with Gasteiger partial charge in [0.05, 0.1) is 10.7 Å². The average molecular weight is 396 g/mol. The van der Waals surface area contributed by atoms with Crippen LogP contribution >= 0.6 is 11.6 Å². The van der Waals surface area contributed by atoms with Crippen molar-refractivity contribution in [2.75, 3.05) is 11.9 Å². The van der Waals surface area contributed by atoms with Gasteiger partial charge in [0.1, 0.15) is 5.82 Å². The van der Waals surface area contributed by atoms with Gasteiger partial charge in [0.25, 0.3) is 5.91 Å². The molecule has 0 unspecified atom stereocenters. The molecule has 0 atom stereocenters. The predicted molar refractivity (Wildman–Crippen MR) is 110 cm³/mol. The third kappa shape index (κ3) is 3.93. The van der Waals surface area contributed by atoms with E-state index in [9.17, 15) is 4.79 Å². The van der Waals surface area contributed by atoms with Crippen molar-refractivity contribution < 1.29 is 4.79 Å². The molecule has 7 heteroatoms. The molecule has 0 aliphatic heterocycles. The van der Waals surface area contributed by atoms with Crippen LogP contribution in [0.3, 0.4) is 0 Å². The summed E-state index contributed by atoms with van der Waals surface area (Å²) < 4.78 is 1.71. The number of halogens is 1. The molecule has 0 spiro atoms. The maximum Gasteiger partial charge on any atom is 0.295 e. The van der Waals surface area contributed by atoms with Gasteiger partial charge in [-0.3, -0.25) is 4.79 Å². The smallest absolute Gasteiger partial charge is 0.295 e. The standard InChI is InChI=1S/C21H22ClN5O/c1-2-23-13-15-7-3-5-9-17(15)24-21(28)19-25-20(14-11-12-14)27(26-19)18-10-6-4-8-16(18)22/h3-10,14,23H,2,11-13H2,1H3,(H,24,28). The molecule has 1 fully saturated rings. The van der Waals surface area contributed by atoms with E-state index >= 15 is 0 Å². The van der Waals surface area contributed by atoms with Crippen molar-refractivity contribution in [3.63, 3.8) is 0 Å². The molecule has 1 aliphatic rings. The fraction of sp³-hybridized carbons (Fsp3) is 0.286. The Labute approximate surface area is 168 Å². The summed E-state index contributed by atoms with van der Waals surface area (Å²) in [5, 5.41) is 11.3. The van der Waals surface area contributed by atoms with E-state index < -0.39 is 0 Å². The van der Waals surface area contributed by atoms with Crippen molar-refractivity contribution in [1.82, 2.24) is 20.1 Å². The Balaban J connectivity index is 1.63. The first-order valence-electron chi connectivity index (χ1n) is 9.49. The van der Waals surface area contributed by atoms with Gasteiger partial charge in [-0.1, -0.05) is 48.9 Å². The van der Waals surface area contributed by atoms with E-state index in [1.54, 1.807) is 4.68 Å². The molecule has 1 aliphatic carbocycles. The number of nitrogens with one attached hydrogen (secondary N) is 2. The SMILES string of the molecule is CCNCc1ccccc1NC(=O)c1nc(C2CC2)n(-c2ccccc2Cl)n1. The monoisotopic (exact) mass is 395 g/mol. The molecule has 0 saturated heterocycles. The molecule has 6 nitrogen and oxygen atoms in total. The number of hydrogen-bond donors (Lipinski definition) is 2. The first-order chi connectivity index (χ1) is 13.7. The quantitative estimate of drug-likeness (QED) is 0.630. The van der Waals surface area contributed by atoms with E-state index in [4.69, 9.17) is 11.6 Å². The Morgan fingerprint density at radius 3 is 2.68 bits per heavy atom. The van der Waals surface area contributed by atoms with E-state index in [2.05, 4.69) is 20.7 Å². The number of benzene rings is 2. The minimum Gasteiger partial charge on any atom is -0.319 e. The highest BCUT2D eigenvalue weighted by atomic mass is 35.5. The molecular formula is C21H22ClN5O. The molecule has 0 radical (unpaired) electrons. The van der Waals surface area contributed by atoms with Crippen LogP contribution in [-0.2, 0) is 6.54 Å². The van der Waals surface area contributed by atoms with Crippen LogP contribution in [0, 0.1) is 0 Å². The van der Waals surface area contributed by atoms with Crippen LogP contribution in [-0.4, -0.2) is 27.2 Å². The summed E-state index contributed by atoms with van der Waals surface area (Å²) in [5.41, 5.74) is 2.52. The number of aromatic nitrogens is 3. The number of rotatable bonds is 7. The molecule has 0 bridgehead atoms. The van der Waals surface area contributed by atoms with Gasteiger partial charge in [-0.15, -0.1) is 5.10 Å². The van der Waals surface area contributed by atoms with E-state index in [1.807, 2.05) is 55.5 Å². The lowest BCUT2D eigenvalue weighted by atomic mass is 10.1. The summed E-state index contributed by atoms with van der Waals surface area (Å²) in [6.07, 6.45) is 2.10. The zero-order valence-electron chi connectivity index (χ0n) is 15.7. The van der Waals surface area contributed by atoms with Gasteiger partial charge in [-0.25, -0.2) is 9.67 Å². The number of para-hydroxylation sites is 2. The van der Waals surface area contributed by atoms with Gasteiger partial charge in [0.2, 0.25) is 5.82 Å². The molecule has 1 amide bonds. The maximum absolute atomic E-state index is 12.9. The summed E-state index contributed by atoms with van der Waals surface area (Å²) >= 11 is 6.35. The Hall–Kier alpha value is -2.70. The number of amides is 1. The Morgan fingerprint density at radius 2 is 1.93 bits per heavy atom. The van der Waals surface area contributed by atoms with Gasteiger partial charge >= 0.3 is 0 Å². The highest BCUT2D eigenvalue weighted by Crippen LogP contribution is 2.40. The largest absolute Gasteiger partial charge is 0.319 e. The summed E-state index contributed by atoms with van der Waals surface area (Å²) in [6, 6.07) is 15.2. The van der Waals surface area contributed by atoms with Gasteiger partial charge in [-0.2, -0.15) is 0 Å². The first kappa shape index (κ1) is 18.7. The lowest BCUT2D eigenvalue weighted by molar-refractivity contribution is 0.101. The van der Waals surface area contributed by atoms with Crippen molar-refractivity contribution in [2.45, 2.75) is 32.2 Å². The minimum atomic E-state index is -0.323. The van der Waals surface area contributed by atoms with Crippen LogP contribution in [0.25, 0.3) is 5.69 Å². The number of nitrogens with zero attached hydrogens (tertiary/aromatic N) is 3. The summed E-state index contributed by atoms with van der Waals surface area (Å²) in [4.78, 5) is 17.4. The Kier molecular flexibility index (Phi) is 5.41. The van der Waals surface area contributed by atoms with Crippen molar-refractivity contribution in [3.8, 4) is 5.69 Å². The second-order valence-electron chi connectivity index (χ2n) is 6.82. The van der Waals surface area contributed by atoms with Crippen LogP contribution in [0.2, 0.25) is 5.02 Å². The summed E-state index contributed by atoms with van der Waals surface area (Å²) in [6.45, 7) is 3.59. The number of carbonyl (C=O) groups is 1. The number of anilines is 1. The van der Waals surface area contributed by atoms with E-state index in [0.717, 1.165) is 42.1 Å². The molecule has 2 N–H and O–H groups in total. The lowest BCUT2D eigenvalue weighted by Gasteiger charge is -2.10. The van der Waals surface area contributed by atoms with Crippen LogP contribution in [0.1, 0.15) is 47.7 Å². The Morgan fingerprint density at radius 1 is 1.18 bits per heavy atom. The van der Waals surface area contributed by atoms with Crippen LogP contribution in [0.5, 0.6) is 0 Å². The third-order valence-corrected chi connectivity index (χ3v) is 5.01. The van der Waals surface area contributed by atoms with Crippen LogP contribution in [0.15, 0.2) is 48.5 Å². The van der Waals surface area contributed by atoms with Crippen molar-refractivity contribution in [3.05, 3.63) is 70.8 Å². The third-order valence-electron chi connectivity index (χ3n) is 4.69. The highest BCUT2D eigenvalue weighted by Gasteiger charge is 2.32. The predicted octanol–water partition coefficient (Wildman–Crippen LogP) is 4.16. The van der Waals surface area contributed by atoms with Crippen molar-refractivity contribution >= 4 is 23.2 Å². The zero-order chi connectivity index (χ0) is 19.5. The molecule has 28 heavy (non-hydrogen) atoms. The molecule has 1 aromatic heterocycles. The number of carbonyl (C=O) groups excluding carboxylic acids is 1. The van der Waals surface area contributed by atoms with E-state index in [0.29, 0.717) is 17.5 Å². The van der Waals surface area contributed by atoms with Gasteiger partial charge in [0, 0.05) is 18.2 Å². The van der Waals surface area contributed by atoms with E-state index in [1.165, 1.54) is 0 Å². The average Bonchev–Trinajstić information content (AvgIpc) is 3.46. The molecule has 1 heterocycles. The minimum absolute atomic E-state index is 0.153. The Bertz CT molecular complexity index is 996. The van der Waals surface area contributed by atoms with E-state index in [-0.39, 0.29) is 11.7 Å². The molecule has 144 valence electrons. The topological polar surface area (TPSA) is 71.8 Å². The maximum atomic E-state index is 12.9. The highest BCUT2D eigenvalue weighted by molar-refractivity contribution is 6.32. The number of hydrogen-bond acceptors (Lipinski definition) is 4. The molecule has 4 rings (SSSR count). The fourth-order valence-electron chi connectivity index (χ4n) is 3.06. The molecule has 2 aromatic carbocycles. The van der Waals surface area contributed by atoms with Gasteiger partial charge < -0.3 is 10.6 Å². The van der Waals surface area contributed by atoms with Crippen molar-refractivity contribution in [1.29, 1.82) is 0 Å². The van der Waals surface area contributed by atoms with Gasteiger partial charge in [-0.05, 0) is 43.1 Å². The fourth-order valence-corrected chi connectivity index (χ4v) is 3.28. The normalized spacial score (nSPS) is 13.5. The summed E-state index contributed by atoms with van der Waals surface area (Å²) in [5.74, 6) is 0.947. The second-order valence-corrected chi connectivity index (χ2v) is 7.23. The summed E-state index contributed by atoms with van der Waals surface area (Å²) in [7, 11) is 0. The molecule has 3 aromatic rings. The lowest BCUT2D eigenvalue weighted by Crippen LogP contribution is -2.18. The second kappa shape index (κ2) is 8.12. The molecular weight excluding hydrogens is 374 g/mol.